The fourth-order valence-corrected chi connectivity index (χ4v) is 3.73. The van der Waals surface area contributed by atoms with E-state index < -0.39 is 0 Å². The van der Waals surface area contributed by atoms with Crippen LogP contribution < -0.4 is 10.6 Å². The zero-order chi connectivity index (χ0) is 18.5. The van der Waals surface area contributed by atoms with E-state index in [-0.39, 0.29) is 18.0 Å². The smallest absolute Gasteiger partial charge is 0.317 e. The fourth-order valence-electron chi connectivity index (χ4n) is 3.73. The van der Waals surface area contributed by atoms with Gasteiger partial charge in [-0.3, -0.25) is 14.4 Å². The quantitative estimate of drug-likeness (QED) is 0.806. The van der Waals surface area contributed by atoms with Gasteiger partial charge in [-0.25, -0.2) is 4.79 Å². The average Bonchev–Trinajstić information content (AvgIpc) is 3.03. The molecule has 0 saturated carbocycles. The molecule has 2 aliphatic rings. The molecular weight excluding hydrogens is 332 g/mol. The molecule has 1 aromatic rings. The van der Waals surface area contributed by atoms with E-state index in [1.165, 1.54) is 5.69 Å². The second kappa shape index (κ2) is 8.53. The Morgan fingerprint density at radius 1 is 1.27 bits per heavy atom. The van der Waals surface area contributed by atoms with E-state index in [4.69, 9.17) is 0 Å². The largest absolute Gasteiger partial charge is 0.355 e. The van der Waals surface area contributed by atoms with Crippen molar-refractivity contribution in [2.45, 2.75) is 38.6 Å². The Hall–Kier alpha value is -2.09. The van der Waals surface area contributed by atoms with Gasteiger partial charge >= 0.3 is 6.03 Å². The van der Waals surface area contributed by atoms with Gasteiger partial charge in [-0.05, 0) is 25.7 Å². The van der Waals surface area contributed by atoms with Crippen molar-refractivity contribution in [3.8, 4) is 0 Å². The number of urea groups is 1. The van der Waals surface area contributed by atoms with Crippen LogP contribution in [-0.4, -0.2) is 70.8 Å². The maximum absolute atomic E-state index is 12.6. The van der Waals surface area contributed by atoms with Gasteiger partial charge in [0.1, 0.15) is 0 Å². The van der Waals surface area contributed by atoms with Crippen molar-refractivity contribution in [3.05, 3.63) is 17.5 Å². The summed E-state index contributed by atoms with van der Waals surface area (Å²) in [7, 11) is 1.96. The molecule has 0 bridgehead atoms. The van der Waals surface area contributed by atoms with Crippen molar-refractivity contribution in [2.24, 2.45) is 7.05 Å². The molecule has 1 fully saturated rings. The Bertz CT molecular complexity index is 636. The molecule has 1 aliphatic heterocycles. The highest BCUT2D eigenvalue weighted by Crippen LogP contribution is 2.29. The number of fused-ring (bicyclic) bond motifs is 1. The zero-order valence-corrected chi connectivity index (χ0v) is 15.8. The third-order valence-electron chi connectivity index (χ3n) is 5.27. The highest BCUT2D eigenvalue weighted by molar-refractivity contribution is 5.78. The number of hydrogen-bond acceptors (Lipinski definition) is 4. The SMILES string of the molecule is CCCNC(=O)CN1CCN(C(=O)N[C@H]2CCCc3c2cnn3C)CC1. The van der Waals surface area contributed by atoms with Crippen LogP contribution in [0.1, 0.15) is 43.5 Å². The molecule has 0 radical (unpaired) electrons. The van der Waals surface area contributed by atoms with Gasteiger partial charge in [-0.1, -0.05) is 6.92 Å². The molecule has 8 nitrogen and oxygen atoms in total. The molecule has 1 saturated heterocycles. The summed E-state index contributed by atoms with van der Waals surface area (Å²) >= 11 is 0. The lowest BCUT2D eigenvalue weighted by atomic mass is 9.93. The molecule has 0 unspecified atom stereocenters. The third-order valence-corrected chi connectivity index (χ3v) is 5.27. The molecule has 1 aromatic heterocycles. The van der Waals surface area contributed by atoms with Gasteiger partial charge < -0.3 is 15.5 Å². The molecule has 26 heavy (non-hydrogen) atoms. The Labute approximate surface area is 154 Å². The summed E-state index contributed by atoms with van der Waals surface area (Å²) in [5.41, 5.74) is 2.38. The number of aryl methyl sites for hydroxylation is 1. The number of aromatic nitrogens is 2. The molecule has 2 heterocycles. The maximum Gasteiger partial charge on any atom is 0.317 e. The number of nitrogens with one attached hydrogen (secondary N) is 2. The molecule has 144 valence electrons. The first-order valence-corrected chi connectivity index (χ1v) is 9.63. The lowest BCUT2D eigenvalue weighted by Crippen LogP contribution is -2.54. The molecule has 8 heteroatoms. The maximum atomic E-state index is 12.6. The molecule has 0 aromatic carbocycles. The van der Waals surface area contributed by atoms with E-state index in [0.717, 1.165) is 50.9 Å². The van der Waals surface area contributed by atoms with E-state index in [2.05, 4.69) is 20.6 Å². The van der Waals surface area contributed by atoms with Crippen molar-refractivity contribution in [2.75, 3.05) is 39.3 Å². The van der Waals surface area contributed by atoms with Crippen LogP contribution in [0.2, 0.25) is 0 Å². The molecule has 3 rings (SSSR count). The van der Waals surface area contributed by atoms with Crippen LogP contribution in [0.15, 0.2) is 6.20 Å². The van der Waals surface area contributed by atoms with E-state index in [0.29, 0.717) is 19.6 Å². The Morgan fingerprint density at radius 3 is 2.77 bits per heavy atom. The first kappa shape index (κ1) is 18.7. The summed E-state index contributed by atoms with van der Waals surface area (Å²) < 4.78 is 1.91. The van der Waals surface area contributed by atoms with Crippen LogP contribution >= 0.6 is 0 Å². The summed E-state index contributed by atoms with van der Waals surface area (Å²) in [6.07, 6.45) is 5.88. The number of nitrogens with zero attached hydrogens (tertiary/aromatic N) is 4. The van der Waals surface area contributed by atoms with Gasteiger partial charge in [-0.15, -0.1) is 0 Å². The number of hydrogen-bond donors (Lipinski definition) is 2. The van der Waals surface area contributed by atoms with Crippen molar-refractivity contribution in [1.29, 1.82) is 0 Å². The van der Waals surface area contributed by atoms with Crippen LogP contribution in [0.5, 0.6) is 0 Å². The standard InChI is InChI=1S/C18H30N6O2/c1-3-7-19-17(25)13-23-8-10-24(11-9-23)18(26)21-15-5-4-6-16-14(15)12-20-22(16)2/h12,15H,3-11,13H2,1-2H3,(H,19,25)(H,21,26)/t15-/m0/s1. The van der Waals surface area contributed by atoms with Gasteiger partial charge in [0, 0.05) is 51.0 Å². The van der Waals surface area contributed by atoms with Crippen LogP contribution in [0.4, 0.5) is 4.79 Å². The first-order chi connectivity index (χ1) is 12.6. The van der Waals surface area contributed by atoms with Gasteiger partial charge in [0.25, 0.3) is 0 Å². The Balaban J connectivity index is 1.46. The molecule has 0 spiro atoms. The van der Waals surface area contributed by atoms with Crippen LogP contribution in [0.3, 0.4) is 0 Å². The fraction of sp³-hybridized carbons (Fsp3) is 0.722. The number of carbonyl (C=O) groups is 2. The zero-order valence-electron chi connectivity index (χ0n) is 15.8. The molecule has 1 atom stereocenters. The Kier molecular flexibility index (Phi) is 6.13. The van der Waals surface area contributed by atoms with Crippen molar-refractivity contribution in [1.82, 2.24) is 30.2 Å². The van der Waals surface area contributed by atoms with Gasteiger partial charge in [0.05, 0.1) is 18.8 Å². The summed E-state index contributed by atoms with van der Waals surface area (Å²) in [5.74, 6) is 0.0658. The lowest BCUT2D eigenvalue weighted by molar-refractivity contribution is -0.122. The van der Waals surface area contributed by atoms with Gasteiger partial charge in [-0.2, -0.15) is 5.10 Å². The van der Waals surface area contributed by atoms with Gasteiger partial charge in [0.15, 0.2) is 0 Å². The normalized spacial score (nSPS) is 20.5. The van der Waals surface area contributed by atoms with Crippen molar-refractivity contribution in [3.63, 3.8) is 0 Å². The number of piperazine rings is 1. The predicted molar refractivity (Wildman–Crippen MR) is 98.7 cm³/mol. The minimum Gasteiger partial charge on any atom is -0.355 e. The topological polar surface area (TPSA) is 82.5 Å². The summed E-state index contributed by atoms with van der Waals surface area (Å²) in [5, 5.41) is 10.4. The minimum atomic E-state index is -0.0122. The van der Waals surface area contributed by atoms with Crippen LogP contribution in [0.25, 0.3) is 0 Å². The van der Waals surface area contributed by atoms with Crippen LogP contribution in [-0.2, 0) is 18.3 Å². The molecule has 3 amide bonds. The number of carbonyl (C=O) groups excluding carboxylic acids is 2. The second-order valence-electron chi connectivity index (χ2n) is 7.18. The van der Waals surface area contributed by atoms with E-state index in [1.54, 1.807) is 0 Å². The van der Waals surface area contributed by atoms with E-state index in [9.17, 15) is 9.59 Å². The molecule has 2 N–H and O–H groups in total. The van der Waals surface area contributed by atoms with Crippen LogP contribution in [0, 0.1) is 0 Å². The summed E-state index contributed by atoms with van der Waals surface area (Å²) in [6, 6.07) is 0.0413. The highest BCUT2D eigenvalue weighted by Gasteiger charge is 2.28. The minimum absolute atomic E-state index is 0.0122. The highest BCUT2D eigenvalue weighted by atomic mass is 16.2. The van der Waals surface area contributed by atoms with E-state index >= 15 is 0 Å². The van der Waals surface area contributed by atoms with Crippen molar-refractivity contribution >= 4 is 11.9 Å². The predicted octanol–water partition coefficient (Wildman–Crippen LogP) is 0.651. The monoisotopic (exact) mass is 362 g/mol. The van der Waals surface area contributed by atoms with Gasteiger partial charge in [0.2, 0.25) is 5.91 Å². The lowest BCUT2D eigenvalue weighted by Gasteiger charge is -2.35. The summed E-state index contributed by atoms with van der Waals surface area (Å²) in [4.78, 5) is 28.4. The number of rotatable bonds is 5. The Morgan fingerprint density at radius 2 is 2.04 bits per heavy atom. The molecule has 1 aliphatic carbocycles. The first-order valence-electron chi connectivity index (χ1n) is 9.63. The summed E-state index contributed by atoms with van der Waals surface area (Å²) in [6.45, 7) is 5.94. The molecular formula is C18H30N6O2. The van der Waals surface area contributed by atoms with E-state index in [1.807, 2.05) is 29.7 Å². The average molecular weight is 362 g/mol. The second-order valence-corrected chi connectivity index (χ2v) is 7.18. The third kappa shape index (κ3) is 4.35. The number of amides is 3. The van der Waals surface area contributed by atoms with Crippen molar-refractivity contribution < 1.29 is 9.59 Å².